The number of rotatable bonds is 9. The molecule has 5 nitrogen and oxygen atoms in total. The number of anilines is 1. The summed E-state index contributed by atoms with van der Waals surface area (Å²) in [5, 5.41) is 0. The number of sulfonamides is 1. The average molecular weight is 322 g/mol. The highest BCUT2D eigenvalue weighted by atomic mass is 32.2. The van der Waals surface area contributed by atoms with E-state index in [9.17, 15) is 17.2 Å². The topological polar surface area (TPSA) is 81.4 Å². The Bertz CT molecular complexity index is 565. The number of nitrogens with two attached hydrogens (primary N) is 1. The zero-order valence-electron chi connectivity index (χ0n) is 11.9. The molecule has 0 radical (unpaired) electrons. The third kappa shape index (κ3) is 5.56. The van der Waals surface area contributed by atoms with E-state index in [1.165, 1.54) is 0 Å². The lowest BCUT2D eigenvalue weighted by molar-refractivity contribution is 0.130. The smallest absolute Gasteiger partial charge is 0.243 e. The van der Waals surface area contributed by atoms with Gasteiger partial charge in [-0.3, -0.25) is 0 Å². The minimum absolute atomic E-state index is 0.0737. The van der Waals surface area contributed by atoms with Crippen LogP contribution >= 0.6 is 0 Å². The Morgan fingerprint density at radius 2 is 1.90 bits per heavy atom. The van der Waals surface area contributed by atoms with Gasteiger partial charge in [-0.1, -0.05) is 13.3 Å². The van der Waals surface area contributed by atoms with Gasteiger partial charge >= 0.3 is 0 Å². The molecule has 0 aromatic heterocycles. The SMILES string of the molecule is CCCCOCCCNS(=O)(=O)c1cc(N)cc(F)c1F. The number of halogens is 2. The number of nitrogen functional groups attached to an aromatic ring is 1. The zero-order chi connectivity index (χ0) is 15.9. The van der Waals surface area contributed by atoms with Crippen LogP contribution in [0.1, 0.15) is 26.2 Å². The maximum Gasteiger partial charge on any atom is 0.243 e. The Morgan fingerprint density at radius 3 is 2.57 bits per heavy atom. The number of nitrogens with one attached hydrogen (secondary N) is 1. The highest BCUT2D eigenvalue weighted by Gasteiger charge is 2.22. The van der Waals surface area contributed by atoms with E-state index in [0.29, 0.717) is 19.6 Å². The van der Waals surface area contributed by atoms with E-state index in [0.717, 1.165) is 25.0 Å². The molecule has 0 fully saturated rings. The molecule has 0 saturated heterocycles. The zero-order valence-corrected chi connectivity index (χ0v) is 12.7. The Hall–Kier alpha value is -1.25. The molecule has 0 saturated carbocycles. The van der Waals surface area contributed by atoms with Gasteiger partial charge in [-0.05, 0) is 25.0 Å². The van der Waals surface area contributed by atoms with E-state index in [-0.39, 0.29) is 12.2 Å². The Balaban J connectivity index is 2.55. The van der Waals surface area contributed by atoms with Crippen LogP contribution in [0, 0.1) is 11.6 Å². The maximum absolute atomic E-state index is 13.5. The number of hydrogen-bond acceptors (Lipinski definition) is 4. The Morgan fingerprint density at radius 1 is 1.24 bits per heavy atom. The summed E-state index contributed by atoms with van der Waals surface area (Å²) in [6.45, 7) is 3.13. The number of unbranched alkanes of at least 4 members (excludes halogenated alkanes) is 1. The van der Waals surface area contributed by atoms with E-state index < -0.39 is 26.6 Å². The van der Waals surface area contributed by atoms with Gasteiger partial charge in [0, 0.05) is 25.4 Å². The molecule has 1 aromatic rings. The normalized spacial score (nSPS) is 11.8. The van der Waals surface area contributed by atoms with E-state index >= 15 is 0 Å². The van der Waals surface area contributed by atoms with E-state index in [1.807, 2.05) is 6.92 Å². The van der Waals surface area contributed by atoms with Crippen molar-refractivity contribution in [2.45, 2.75) is 31.1 Å². The van der Waals surface area contributed by atoms with Crippen molar-refractivity contribution >= 4 is 15.7 Å². The molecule has 3 N–H and O–H groups in total. The van der Waals surface area contributed by atoms with Gasteiger partial charge < -0.3 is 10.5 Å². The molecule has 0 heterocycles. The summed E-state index contributed by atoms with van der Waals surface area (Å²) >= 11 is 0. The van der Waals surface area contributed by atoms with Crippen LogP contribution < -0.4 is 10.5 Å². The van der Waals surface area contributed by atoms with Crippen molar-refractivity contribution in [2.24, 2.45) is 0 Å². The summed E-state index contributed by atoms with van der Waals surface area (Å²) in [4.78, 5) is -0.785. The van der Waals surface area contributed by atoms with Crippen molar-refractivity contribution in [1.29, 1.82) is 0 Å². The fourth-order valence-corrected chi connectivity index (χ4v) is 2.78. The predicted octanol–water partition coefficient (Wildman–Crippen LogP) is 2.03. The first-order valence-electron chi connectivity index (χ1n) is 6.70. The monoisotopic (exact) mass is 322 g/mol. The quantitative estimate of drug-likeness (QED) is 0.538. The molecule has 0 amide bonds. The molecule has 0 aliphatic rings. The van der Waals surface area contributed by atoms with Crippen molar-refractivity contribution in [1.82, 2.24) is 4.72 Å². The minimum Gasteiger partial charge on any atom is -0.399 e. The van der Waals surface area contributed by atoms with Gasteiger partial charge in [-0.15, -0.1) is 0 Å². The largest absolute Gasteiger partial charge is 0.399 e. The molecule has 1 aromatic carbocycles. The van der Waals surface area contributed by atoms with E-state index in [4.69, 9.17) is 10.5 Å². The van der Waals surface area contributed by atoms with E-state index in [1.54, 1.807) is 0 Å². The summed E-state index contributed by atoms with van der Waals surface area (Å²) in [6, 6.07) is 1.62. The molecular formula is C13H20F2N2O3S. The maximum atomic E-state index is 13.5. The first-order chi connectivity index (χ1) is 9.88. The summed E-state index contributed by atoms with van der Waals surface area (Å²) in [5.41, 5.74) is 5.17. The third-order valence-corrected chi connectivity index (χ3v) is 4.17. The molecule has 120 valence electrons. The lowest BCUT2D eigenvalue weighted by Crippen LogP contribution is -2.27. The molecule has 0 unspecified atom stereocenters. The van der Waals surface area contributed by atoms with Gasteiger partial charge in [0.25, 0.3) is 0 Å². The summed E-state index contributed by atoms with van der Waals surface area (Å²) in [7, 11) is -4.13. The van der Waals surface area contributed by atoms with Crippen LogP contribution in [-0.4, -0.2) is 28.2 Å². The highest BCUT2D eigenvalue weighted by molar-refractivity contribution is 7.89. The molecule has 0 aliphatic carbocycles. The van der Waals surface area contributed by atoms with Crippen LogP contribution in [0.3, 0.4) is 0 Å². The van der Waals surface area contributed by atoms with Crippen LogP contribution in [-0.2, 0) is 14.8 Å². The average Bonchev–Trinajstić information content (AvgIpc) is 2.41. The van der Waals surface area contributed by atoms with E-state index in [2.05, 4.69) is 4.72 Å². The Kier molecular flexibility index (Phi) is 7.00. The van der Waals surface area contributed by atoms with Gasteiger partial charge in [0.05, 0.1) is 0 Å². The Labute approximate surface area is 123 Å². The summed E-state index contributed by atoms with van der Waals surface area (Å²) < 4.78 is 57.9. The molecule has 0 atom stereocenters. The standard InChI is InChI=1S/C13H20F2N2O3S/c1-2-3-6-20-7-4-5-17-21(18,19)12-9-10(16)8-11(14)13(12)15/h8-9,17H,2-7,16H2,1H3. The van der Waals surface area contributed by atoms with Crippen molar-refractivity contribution in [3.05, 3.63) is 23.8 Å². The first kappa shape index (κ1) is 17.8. The van der Waals surface area contributed by atoms with Crippen LogP contribution in [0.5, 0.6) is 0 Å². The van der Waals surface area contributed by atoms with Crippen LogP contribution in [0.2, 0.25) is 0 Å². The lowest BCUT2D eigenvalue weighted by Gasteiger charge is -2.09. The molecule has 1 rings (SSSR count). The van der Waals surface area contributed by atoms with Gasteiger partial charge in [-0.25, -0.2) is 21.9 Å². The number of hydrogen-bond donors (Lipinski definition) is 2. The third-order valence-electron chi connectivity index (χ3n) is 2.71. The molecule has 0 aliphatic heterocycles. The second-order valence-electron chi connectivity index (χ2n) is 4.53. The van der Waals surface area contributed by atoms with Crippen molar-refractivity contribution in [3.63, 3.8) is 0 Å². The molecular weight excluding hydrogens is 302 g/mol. The summed E-state index contributed by atoms with van der Waals surface area (Å²) in [6.07, 6.45) is 2.40. The van der Waals surface area contributed by atoms with Crippen LogP contribution in [0.25, 0.3) is 0 Å². The van der Waals surface area contributed by atoms with Gasteiger partial charge in [-0.2, -0.15) is 0 Å². The van der Waals surface area contributed by atoms with Crippen LogP contribution in [0.15, 0.2) is 17.0 Å². The second kappa shape index (κ2) is 8.26. The highest BCUT2D eigenvalue weighted by Crippen LogP contribution is 2.20. The fourth-order valence-electron chi connectivity index (χ4n) is 1.59. The number of ether oxygens (including phenoxy) is 1. The van der Waals surface area contributed by atoms with Gasteiger partial charge in [0.15, 0.2) is 11.6 Å². The van der Waals surface area contributed by atoms with Crippen molar-refractivity contribution in [2.75, 3.05) is 25.5 Å². The number of benzene rings is 1. The van der Waals surface area contributed by atoms with Gasteiger partial charge in [0.2, 0.25) is 10.0 Å². The second-order valence-corrected chi connectivity index (χ2v) is 6.27. The molecule has 0 spiro atoms. The molecule has 0 bridgehead atoms. The summed E-state index contributed by atoms with van der Waals surface area (Å²) in [5.74, 6) is -2.73. The first-order valence-corrected chi connectivity index (χ1v) is 8.18. The van der Waals surface area contributed by atoms with Gasteiger partial charge in [0.1, 0.15) is 4.90 Å². The van der Waals surface area contributed by atoms with Crippen LogP contribution in [0.4, 0.5) is 14.5 Å². The minimum atomic E-state index is -4.13. The van der Waals surface area contributed by atoms with Crippen molar-refractivity contribution in [3.8, 4) is 0 Å². The predicted molar refractivity (Wildman–Crippen MR) is 76.3 cm³/mol. The van der Waals surface area contributed by atoms with Crippen molar-refractivity contribution < 1.29 is 21.9 Å². The molecule has 8 heteroatoms. The molecule has 21 heavy (non-hydrogen) atoms. The lowest BCUT2D eigenvalue weighted by atomic mass is 10.3. The fraction of sp³-hybridized carbons (Fsp3) is 0.538.